The van der Waals surface area contributed by atoms with Crippen LogP contribution in [0, 0.1) is 0 Å². The van der Waals surface area contributed by atoms with Crippen molar-refractivity contribution in [1.82, 2.24) is 9.97 Å². The molecule has 1 amide bonds. The minimum absolute atomic E-state index is 0.112. The lowest BCUT2D eigenvalue weighted by atomic mass is 9.94. The van der Waals surface area contributed by atoms with E-state index >= 15 is 0 Å². The van der Waals surface area contributed by atoms with Gasteiger partial charge >= 0.3 is 6.18 Å². The molecule has 10 heteroatoms. The third-order valence-corrected chi connectivity index (χ3v) is 6.08. The van der Waals surface area contributed by atoms with Gasteiger partial charge in [0.15, 0.2) is 5.13 Å². The number of nitrogens with one attached hydrogen (secondary N) is 1. The van der Waals surface area contributed by atoms with E-state index in [4.69, 9.17) is 4.42 Å². The zero-order chi connectivity index (χ0) is 22.6. The molecule has 164 valence electrons. The number of oxazole rings is 1. The average molecular weight is 468 g/mol. The van der Waals surface area contributed by atoms with Gasteiger partial charge in [0.05, 0.1) is 27.9 Å². The SMILES string of the molecule is CC(C)(C)c1cnc(CSc2cnc(NC(=O)C=Cc3cccc(C(F)(F)F)c3)s2)o1. The van der Waals surface area contributed by atoms with Crippen molar-refractivity contribution in [2.45, 2.75) is 42.3 Å². The fourth-order valence-electron chi connectivity index (χ4n) is 2.38. The van der Waals surface area contributed by atoms with E-state index in [0.717, 1.165) is 22.1 Å². The van der Waals surface area contributed by atoms with Gasteiger partial charge in [-0.05, 0) is 23.8 Å². The summed E-state index contributed by atoms with van der Waals surface area (Å²) in [5, 5.41) is 3.00. The molecule has 0 saturated carbocycles. The number of rotatable bonds is 6. The van der Waals surface area contributed by atoms with Crippen LogP contribution in [0.2, 0.25) is 0 Å². The molecular weight excluding hydrogens is 447 g/mol. The summed E-state index contributed by atoms with van der Waals surface area (Å²) in [6, 6.07) is 4.75. The van der Waals surface area contributed by atoms with Crippen molar-refractivity contribution in [3.8, 4) is 0 Å². The Morgan fingerprint density at radius 2 is 2.00 bits per heavy atom. The molecule has 0 radical (unpaired) electrons. The second-order valence-corrected chi connectivity index (χ2v) is 9.89. The zero-order valence-corrected chi connectivity index (χ0v) is 18.6. The van der Waals surface area contributed by atoms with Gasteiger partial charge in [-0.25, -0.2) is 9.97 Å². The molecule has 0 aliphatic heterocycles. The van der Waals surface area contributed by atoms with Crippen molar-refractivity contribution in [2.24, 2.45) is 0 Å². The maximum atomic E-state index is 12.8. The van der Waals surface area contributed by atoms with Gasteiger partial charge in [-0.1, -0.05) is 44.2 Å². The molecule has 0 spiro atoms. The van der Waals surface area contributed by atoms with Gasteiger partial charge in [-0.2, -0.15) is 13.2 Å². The van der Waals surface area contributed by atoms with E-state index in [1.807, 2.05) is 20.8 Å². The minimum atomic E-state index is -4.43. The summed E-state index contributed by atoms with van der Waals surface area (Å²) in [5.41, 5.74) is -0.599. The van der Waals surface area contributed by atoms with E-state index in [9.17, 15) is 18.0 Å². The Bertz CT molecular complexity index is 1080. The van der Waals surface area contributed by atoms with Crippen LogP contribution in [0.1, 0.15) is 43.5 Å². The highest BCUT2D eigenvalue weighted by atomic mass is 32.2. The summed E-state index contributed by atoms with van der Waals surface area (Å²) >= 11 is 2.77. The maximum absolute atomic E-state index is 12.8. The molecule has 0 bridgehead atoms. The molecule has 3 rings (SSSR count). The molecular formula is C21H20F3N3O2S2. The molecule has 2 aromatic heterocycles. The van der Waals surface area contributed by atoms with Crippen LogP contribution in [0.15, 0.2) is 51.4 Å². The van der Waals surface area contributed by atoms with E-state index in [1.165, 1.54) is 47.4 Å². The number of thiazole rings is 1. The van der Waals surface area contributed by atoms with Crippen LogP contribution in [0.4, 0.5) is 18.3 Å². The Balaban J connectivity index is 1.54. The van der Waals surface area contributed by atoms with Crippen LogP contribution in [-0.2, 0) is 22.1 Å². The number of thioether (sulfide) groups is 1. The van der Waals surface area contributed by atoms with E-state index in [-0.39, 0.29) is 11.0 Å². The van der Waals surface area contributed by atoms with Crippen LogP contribution in [0.25, 0.3) is 6.08 Å². The Morgan fingerprint density at radius 3 is 2.68 bits per heavy atom. The van der Waals surface area contributed by atoms with Crippen molar-refractivity contribution in [3.05, 3.63) is 65.5 Å². The lowest BCUT2D eigenvalue weighted by Crippen LogP contribution is -2.09. The average Bonchev–Trinajstić information content (AvgIpc) is 3.33. The van der Waals surface area contributed by atoms with E-state index < -0.39 is 17.6 Å². The van der Waals surface area contributed by atoms with Crippen LogP contribution in [0.3, 0.4) is 0 Å². The van der Waals surface area contributed by atoms with E-state index in [2.05, 4.69) is 15.3 Å². The molecule has 0 saturated heterocycles. The van der Waals surface area contributed by atoms with Crippen LogP contribution in [0.5, 0.6) is 0 Å². The minimum Gasteiger partial charge on any atom is -0.444 e. The van der Waals surface area contributed by atoms with Crippen molar-refractivity contribution in [1.29, 1.82) is 0 Å². The molecule has 5 nitrogen and oxygen atoms in total. The number of amides is 1. The molecule has 31 heavy (non-hydrogen) atoms. The van der Waals surface area contributed by atoms with Gasteiger partial charge in [0.1, 0.15) is 5.76 Å². The van der Waals surface area contributed by atoms with Crippen LogP contribution in [-0.4, -0.2) is 15.9 Å². The summed E-state index contributed by atoms with van der Waals surface area (Å²) < 4.78 is 44.9. The molecule has 0 aliphatic carbocycles. The number of hydrogen-bond acceptors (Lipinski definition) is 6. The first-order chi connectivity index (χ1) is 14.5. The molecule has 1 aromatic carbocycles. The summed E-state index contributed by atoms with van der Waals surface area (Å²) in [6.07, 6.45) is 1.42. The Labute approximate surface area is 185 Å². The largest absolute Gasteiger partial charge is 0.444 e. The summed E-state index contributed by atoms with van der Waals surface area (Å²) in [4.78, 5) is 20.5. The number of anilines is 1. The number of alkyl halides is 3. The highest BCUT2D eigenvalue weighted by Gasteiger charge is 2.30. The highest BCUT2D eigenvalue weighted by molar-refractivity contribution is 8.00. The first kappa shape index (κ1) is 23.1. The van der Waals surface area contributed by atoms with Crippen molar-refractivity contribution in [3.63, 3.8) is 0 Å². The van der Waals surface area contributed by atoms with Crippen molar-refractivity contribution < 1.29 is 22.4 Å². The van der Waals surface area contributed by atoms with Gasteiger partial charge in [0, 0.05) is 11.5 Å². The zero-order valence-electron chi connectivity index (χ0n) is 17.0. The molecule has 0 fully saturated rings. The number of benzene rings is 1. The van der Waals surface area contributed by atoms with Crippen molar-refractivity contribution >= 4 is 40.2 Å². The lowest BCUT2D eigenvalue weighted by molar-refractivity contribution is -0.137. The van der Waals surface area contributed by atoms with Crippen LogP contribution >= 0.6 is 23.1 Å². The van der Waals surface area contributed by atoms with E-state index in [0.29, 0.717) is 16.8 Å². The Morgan fingerprint density at radius 1 is 1.23 bits per heavy atom. The van der Waals surface area contributed by atoms with Gasteiger partial charge in [-0.3, -0.25) is 10.1 Å². The monoisotopic (exact) mass is 467 g/mol. The normalized spacial score (nSPS) is 12.5. The number of nitrogens with zero attached hydrogens (tertiary/aromatic N) is 2. The fourth-order valence-corrected chi connectivity index (χ4v) is 4.11. The standard InChI is InChI=1S/C21H20F3N3O2S2/c1-20(2,3)15-10-25-17(29-15)12-30-18-11-26-19(31-18)27-16(28)8-7-13-5-4-6-14(9-13)21(22,23)24/h4-11H,12H2,1-3H3,(H,26,27,28). The number of halogens is 3. The smallest absolute Gasteiger partial charge is 0.416 e. The first-order valence-electron chi connectivity index (χ1n) is 9.21. The Hall–Kier alpha value is -2.59. The molecule has 2 heterocycles. The molecule has 0 aliphatic rings. The quantitative estimate of drug-likeness (QED) is 0.336. The van der Waals surface area contributed by atoms with Gasteiger partial charge in [-0.15, -0.1) is 11.8 Å². The second kappa shape index (κ2) is 9.27. The van der Waals surface area contributed by atoms with Gasteiger partial charge in [0.2, 0.25) is 11.8 Å². The molecule has 1 N–H and O–H groups in total. The Kier molecular flexibility index (Phi) is 6.90. The van der Waals surface area contributed by atoms with Gasteiger partial charge in [0.25, 0.3) is 0 Å². The first-order valence-corrected chi connectivity index (χ1v) is 11.0. The summed E-state index contributed by atoms with van der Waals surface area (Å²) in [6.45, 7) is 6.14. The predicted molar refractivity (Wildman–Crippen MR) is 116 cm³/mol. The summed E-state index contributed by atoms with van der Waals surface area (Å²) in [7, 11) is 0. The number of carbonyl (C=O) groups excluding carboxylic acids is 1. The maximum Gasteiger partial charge on any atom is 0.416 e. The van der Waals surface area contributed by atoms with Gasteiger partial charge < -0.3 is 4.42 Å². The predicted octanol–water partition coefficient (Wildman–Crippen LogP) is 6.39. The molecule has 3 aromatic rings. The second-order valence-electron chi connectivity index (χ2n) is 7.59. The summed E-state index contributed by atoms with van der Waals surface area (Å²) in [5.74, 6) is 1.47. The highest BCUT2D eigenvalue weighted by Crippen LogP contribution is 2.32. The third kappa shape index (κ3) is 6.70. The number of aromatic nitrogens is 2. The van der Waals surface area contributed by atoms with Crippen molar-refractivity contribution in [2.75, 3.05) is 5.32 Å². The fraction of sp³-hybridized carbons (Fsp3) is 0.286. The topological polar surface area (TPSA) is 68.0 Å². The molecule has 0 atom stereocenters. The third-order valence-electron chi connectivity index (χ3n) is 3.99. The molecule has 0 unspecified atom stereocenters. The number of carbonyl (C=O) groups is 1. The lowest BCUT2D eigenvalue weighted by Gasteiger charge is -2.12. The van der Waals surface area contributed by atoms with Crippen LogP contribution < -0.4 is 5.32 Å². The van der Waals surface area contributed by atoms with E-state index in [1.54, 1.807) is 12.4 Å². The number of hydrogen-bond donors (Lipinski definition) is 1.